The predicted octanol–water partition coefficient (Wildman–Crippen LogP) is 0.730. The molecule has 0 unspecified atom stereocenters. The SMILES string of the molecule is CC(C)(C)COC(=O)CO.N. The fraction of sp³-hybridized carbons (Fsp3) is 0.857. The van der Waals surface area contributed by atoms with Gasteiger partial charge in [0, 0.05) is 0 Å². The summed E-state index contributed by atoms with van der Waals surface area (Å²) in [6, 6.07) is 0. The van der Waals surface area contributed by atoms with Gasteiger partial charge in [-0.05, 0) is 5.41 Å². The van der Waals surface area contributed by atoms with Crippen molar-refractivity contribution in [3.05, 3.63) is 0 Å². The Bertz CT molecular complexity index is 117. The highest BCUT2D eigenvalue weighted by atomic mass is 16.5. The topological polar surface area (TPSA) is 81.5 Å². The molecule has 0 aliphatic carbocycles. The molecule has 4 N–H and O–H groups in total. The van der Waals surface area contributed by atoms with Crippen LogP contribution in [0.3, 0.4) is 0 Å². The minimum atomic E-state index is -0.560. The van der Waals surface area contributed by atoms with Crippen molar-refractivity contribution in [2.45, 2.75) is 20.8 Å². The Labute approximate surface area is 67.1 Å². The second-order valence-corrected chi connectivity index (χ2v) is 3.38. The van der Waals surface area contributed by atoms with Crippen LogP contribution in [-0.2, 0) is 9.53 Å². The van der Waals surface area contributed by atoms with Crippen molar-refractivity contribution < 1.29 is 14.6 Å². The molecule has 0 saturated carbocycles. The monoisotopic (exact) mass is 163 g/mol. The van der Waals surface area contributed by atoms with Crippen LogP contribution >= 0.6 is 0 Å². The highest BCUT2D eigenvalue weighted by Crippen LogP contribution is 2.12. The van der Waals surface area contributed by atoms with Gasteiger partial charge in [0.2, 0.25) is 0 Å². The van der Waals surface area contributed by atoms with Crippen LogP contribution in [0, 0.1) is 5.41 Å². The van der Waals surface area contributed by atoms with Gasteiger partial charge < -0.3 is 16.0 Å². The standard InChI is InChI=1S/C7H14O3.H3N/c1-7(2,3)5-10-6(9)4-8;/h8H,4-5H2,1-3H3;1H3. The van der Waals surface area contributed by atoms with E-state index in [1.165, 1.54) is 0 Å². The van der Waals surface area contributed by atoms with Gasteiger partial charge in [-0.25, -0.2) is 4.79 Å². The number of aliphatic hydroxyl groups excluding tert-OH is 1. The average molecular weight is 163 g/mol. The summed E-state index contributed by atoms with van der Waals surface area (Å²) >= 11 is 0. The molecule has 0 rings (SSSR count). The van der Waals surface area contributed by atoms with Crippen LogP contribution in [0.15, 0.2) is 0 Å². The number of rotatable bonds is 2. The molecule has 0 radical (unpaired) electrons. The summed E-state index contributed by atoms with van der Waals surface area (Å²) in [5.41, 5.74) is -0.0230. The van der Waals surface area contributed by atoms with Gasteiger partial charge in [0.25, 0.3) is 0 Å². The molecule has 11 heavy (non-hydrogen) atoms. The van der Waals surface area contributed by atoms with E-state index in [4.69, 9.17) is 5.11 Å². The number of ether oxygens (including phenoxy) is 1. The Morgan fingerprint density at radius 1 is 1.45 bits per heavy atom. The average Bonchev–Trinajstić information content (AvgIpc) is 1.81. The third kappa shape index (κ3) is 9.39. The number of hydrogen-bond donors (Lipinski definition) is 2. The molecule has 68 valence electrons. The van der Waals surface area contributed by atoms with Crippen LogP contribution in [0.25, 0.3) is 0 Å². The van der Waals surface area contributed by atoms with Crippen LogP contribution in [0.2, 0.25) is 0 Å². The largest absolute Gasteiger partial charge is 0.463 e. The molecule has 0 aliphatic heterocycles. The van der Waals surface area contributed by atoms with Crippen LogP contribution < -0.4 is 6.15 Å². The van der Waals surface area contributed by atoms with Crippen LogP contribution in [0.4, 0.5) is 0 Å². The third-order valence-electron chi connectivity index (χ3n) is 0.795. The zero-order valence-corrected chi connectivity index (χ0v) is 7.39. The first-order valence-corrected chi connectivity index (χ1v) is 3.22. The van der Waals surface area contributed by atoms with Crippen molar-refractivity contribution >= 4 is 5.97 Å². The zero-order valence-electron chi connectivity index (χ0n) is 7.39. The molecular weight excluding hydrogens is 146 g/mol. The molecule has 4 nitrogen and oxygen atoms in total. The van der Waals surface area contributed by atoms with Crippen molar-refractivity contribution in [3.63, 3.8) is 0 Å². The quantitative estimate of drug-likeness (QED) is 0.588. The number of hydrogen-bond acceptors (Lipinski definition) is 4. The molecule has 0 bridgehead atoms. The second-order valence-electron chi connectivity index (χ2n) is 3.38. The van der Waals surface area contributed by atoms with Gasteiger partial charge in [-0.1, -0.05) is 20.8 Å². The first-order valence-electron chi connectivity index (χ1n) is 3.22. The number of esters is 1. The lowest BCUT2D eigenvalue weighted by atomic mass is 9.99. The molecule has 4 heteroatoms. The van der Waals surface area contributed by atoms with E-state index < -0.39 is 12.6 Å². The van der Waals surface area contributed by atoms with Crippen LogP contribution in [0.1, 0.15) is 20.8 Å². The van der Waals surface area contributed by atoms with E-state index in [1.807, 2.05) is 20.8 Å². The summed E-state index contributed by atoms with van der Waals surface area (Å²) in [5, 5.41) is 8.26. The van der Waals surface area contributed by atoms with Crippen molar-refractivity contribution in [1.82, 2.24) is 6.15 Å². The van der Waals surface area contributed by atoms with Gasteiger partial charge in [0.05, 0.1) is 6.61 Å². The Morgan fingerprint density at radius 3 is 2.18 bits per heavy atom. The maximum absolute atomic E-state index is 10.4. The Hall–Kier alpha value is -0.610. The lowest BCUT2D eigenvalue weighted by Crippen LogP contribution is -2.19. The van der Waals surface area contributed by atoms with Crippen LogP contribution in [-0.4, -0.2) is 24.3 Å². The molecule has 0 aromatic heterocycles. The molecule has 0 spiro atoms. The molecule has 0 aliphatic rings. The number of carbonyl (C=O) groups excluding carboxylic acids is 1. The lowest BCUT2D eigenvalue weighted by Gasteiger charge is -2.16. The molecule has 0 aromatic rings. The van der Waals surface area contributed by atoms with E-state index in [2.05, 4.69) is 4.74 Å². The molecule has 0 amide bonds. The third-order valence-corrected chi connectivity index (χ3v) is 0.795. The Kier molecular flexibility index (Phi) is 6.03. The van der Waals surface area contributed by atoms with E-state index >= 15 is 0 Å². The number of aliphatic hydroxyl groups is 1. The maximum atomic E-state index is 10.4. The van der Waals surface area contributed by atoms with Crippen molar-refractivity contribution in [3.8, 4) is 0 Å². The minimum absolute atomic E-state index is 0. The molecule has 0 aromatic carbocycles. The van der Waals surface area contributed by atoms with E-state index in [0.29, 0.717) is 6.61 Å². The predicted molar refractivity (Wildman–Crippen MR) is 42.5 cm³/mol. The van der Waals surface area contributed by atoms with E-state index in [-0.39, 0.29) is 11.6 Å². The van der Waals surface area contributed by atoms with Crippen molar-refractivity contribution in [2.24, 2.45) is 5.41 Å². The fourth-order valence-corrected chi connectivity index (χ4v) is 0.343. The first-order chi connectivity index (χ1) is 4.45. The summed E-state index contributed by atoms with van der Waals surface area (Å²) in [4.78, 5) is 10.4. The highest BCUT2D eigenvalue weighted by Gasteiger charge is 2.12. The summed E-state index contributed by atoms with van der Waals surface area (Å²) in [6.45, 7) is 5.69. The van der Waals surface area contributed by atoms with Gasteiger partial charge in [-0.3, -0.25) is 0 Å². The molecule has 0 saturated heterocycles. The second kappa shape index (κ2) is 5.09. The van der Waals surface area contributed by atoms with Gasteiger partial charge in [0.15, 0.2) is 0 Å². The molecule has 0 atom stereocenters. The maximum Gasteiger partial charge on any atom is 0.331 e. The van der Waals surface area contributed by atoms with E-state index in [0.717, 1.165) is 0 Å². The summed E-state index contributed by atoms with van der Waals surface area (Å²) < 4.78 is 4.67. The van der Waals surface area contributed by atoms with Crippen molar-refractivity contribution in [1.29, 1.82) is 0 Å². The highest BCUT2D eigenvalue weighted by molar-refractivity contribution is 5.70. The fourth-order valence-electron chi connectivity index (χ4n) is 0.343. The lowest BCUT2D eigenvalue weighted by molar-refractivity contribution is -0.149. The van der Waals surface area contributed by atoms with Gasteiger partial charge in [0.1, 0.15) is 6.61 Å². The normalized spacial score (nSPS) is 10.2. The van der Waals surface area contributed by atoms with E-state index in [9.17, 15) is 4.79 Å². The molecular formula is C7H17NO3. The molecule has 0 heterocycles. The smallest absolute Gasteiger partial charge is 0.331 e. The van der Waals surface area contributed by atoms with Gasteiger partial charge in [-0.15, -0.1) is 0 Å². The summed E-state index contributed by atoms with van der Waals surface area (Å²) in [6.07, 6.45) is 0. The Balaban J connectivity index is 0. The summed E-state index contributed by atoms with van der Waals surface area (Å²) in [5.74, 6) is -0.560. The van der Waals surface area contributed by atoms with Crippen LogP contribution in [0.5, 0.6) is 0 Å². The molecule has 0 fully saturated rings. The van der Waals surface area contributed by atoms with Gasteiger partial charge >= 0.3 is 5.97 Å². The zero-order chi connectivity index (χ0) is 8.20. The number of carbonyl (C=O) groups is 1. The minimum Gasteiger partial charge on any atom is -0.463 e. The van der Waals surface area contributed by atoms with E-state index in [1.54, 1.807) is 0 Å². The van der Waals surface area contributed by atoms with Crippen molar-refractivity contribution in [2.75, 3.05) is 13.2 Å². The summed E-state index contributed by atoms with van der Waals surface area (Å²) in [7, 11) is 0. The van der Waals surface area contributed by atoms with Gasteiger partial charge in [-0.2, -0.15) is 0 Å². The Morgan fingerprint density at radius 2 is 1.91 bits per heavy atom. The first kappa shape index (κ1) is 13.0.